The number of halogens is 2. The molecule has 1 aliphatic rings. The number of fused-ring (bicyclic) bond motifs is 1. The zero-order chi connectivity index (χ0) is 15.0. The van der Waals surface area contributed by atoms with Crippen LogP contribution in [0.1, 0.15) is 16.8 Å². The van der Waals surface area contributed by atoms with Crippen LogP contribution in [0.4, 0.5) is 10.1 Å². The number of rotatable bonds is 4. The smallest absolute Gasteiger partial charge is 0.299 e. The second-order valence-corrected chi connectivity index (χ2v) is 5.58. The van der Waals surface area contributed by atoms with Crippen LogP contribution in [0.2, 0.25) is 0 Å². The average Bonchev–Trinajstić information content (AvgIpc) is 3.02. The molecule has 0 saturated heterocycles. The molecular weight excluding hydrogens is 341 g/mol. The van der Waals surface area contributed by atoms with Crippen molar-refractivity contribution in [2.45, 2.75) is 13.0 Å². The van der Waals surface area contributed by atoms with Gasteiger partial charge in [-0.15, -0.1) is 0 Å². The number of benzene rings is 1. The van der Waals surface area contributed by atoms with Gasteiger partial charge in [0, 0.05) is 30.0 Å². The molecule has 0 spiro atoms. The van der Waals surface area contributed by atoms with Crippen molar-refractivity contribution in [2.75, 3.05) is 11.4 Å². The van der Waals surface area contributed by atoms with Gasteiger partial charge in [-0.05, 0) is 34.5 Å². The highest BCUT2D eigenvalue weighted by Crippen LogP contribution is 2.36. The monoisotopic (exact) mass is 351 g/mol. The molecule has 5 nitrogen and oxygen atoms in total. The van der Waals surface area contributed by atoms with E-state index in [0.717, 1.165) is 6.07 Å². The Morgan fingerprint density at radius 2 is 2.05 bits per heavy atom. The van der Waals surface area contributed by atoms with Crippen LogP contribution in [-0.4, -0.2) is 27.8 Å². The minimum atomic E-state index is -0.659. The van der Waals surface area contributed by atoms with E-state index in [9.17, 15) is 14.0 Å². The standard InChI is InChI=1S/C14H11BrFN3O2/c15-11-7-9(16)6-10-12(11)19(14(21)13(10)20)4-1-3-18-5-2-17-8-18/h2,5-8H,1,3-4H2. The molecule has 0 aliphatic carbocycles. The van der Waals surface area contributed by atoms with Crippen LogP contribution in [0.15, 0.2) is 35.3 Å². The summed E-state index contributed by atoms with van der Waals surface area (Å²) in [5.41, 5.74) is 0.575. The maximum Gasteiger partial charge on any atom is 0.299 e. The van der Waals surface area contributed by atoms with Crippen LogP contribution in [0, 0.1) is 5.82 Å². The predicted molar refractivity (Wildman–Crippen MR) is 77.6 cm³/mol. The Kier molecular flexibility index (Phi) is 3.59. The Morgan fingerprint density at radius 1 is 1.24 bits per heavy atom. The number of Topliss-reactive ketones (excluding diaryl/α,β-unsaturated/α-hetero) is 1. The van der Waals surface area contributed by atoms with Crippen LogP contribution >= 0.6 is 15.9 Å². The second-order valence-electron chi connectivity index (χ2n) is 4.72. The van der Waals surface area contributed by atoms with Crippen LogP contribution < -0.4 is 4.90 Å². The Labute approximate surface area is 128 Å². The van der Waals surface area contributed by atoms with Crippen LogP contribution in [0.25, 0.3) is 0 Å². The molecule has 1 amide bonds. The molecule has 0 radical (unpaired) electrons. The second kappa shape index (κ2) is 5.40. The molecule has 0 bridgehead atoms. The number of anilines is 1. The van der Waals surface area contributed by atoms with Gasteiger partial charge in [0.05, 0.1) is 17.6 Å². The maximum absolute atomic E-state index is 13.4. The number of amides is 1. The molecule has 108 valence electrons. The minimum absolute atomic E-state index is 0.120. The van der Waals surface area contributed by atoms with Crippen molar-refractivity contribution in [1.82, 2.24) is 9.55 Å². The largest absolute Gasteiger partial charge is 0.337 e. The maximum atomic E-state index is 13.4. The Morgan fingerprint density at radius 3 is 2.76 bits per heavy atom. The van der Waals surface area contributed by atoms with E-state index in [4.69, 9.17) is 0 Å². The first kappa shape index (κ1) is 13.9. The van der Waals surface area contributed by atoms with E-state index in [2.05, 4.69) is 20.9 Å². The van der Waals surface area contributed by atoms with Gasteiger partial charge in [-0.3, -0.25) is 9.59 Å². The number of carbonyl (C=O) groups is 2. The number of carbonyl (C=O) groups excluding carboxylic acids is 2. The van der Waals surface area contributed by atoms with E-state index in [1.807, 2.05) is 10.8 Å². The Bertz CT molecular complexity index is 715. The summed E-state index contributed by atoms with van der Waals surface area (Å²) >= 11 is 3.22. The van der Waals surface area contributed by atoms with Gasteiger partial charge in [-0.25, -0.2) is 9.37 Å². The van der Waals surface area contributed by atoms with Crippen molar-refractivity contribution in [3.05, 3.63) is 46.7 Å². The lowest BCUT2D eigenvalue weighted by Gasteiger charge is -2.17. The highest BCUT2D eigenvalue weighted by Gasteiger charge is 2.37. The van der Waals surface area contributed by atoms with Crippen molar-refractivity contribution in [2.24, 2.45) is 0 Å². The number of hydrogen-bond acceptors (Lipinski definition) is 3. The summed E-state index contributed by atoms with van der Waals surface area (Å²) < 4.78 is 15.7. The molecule has 0 N–H and O–H groups in total. The third kappa shape index (κ3) is 2.49. The van der Waals surface area contributed by atoms with E-state index in [1.165, 1.54) is 11.0 Å². The number of aryl methyl sites for hydroxylation is 1. The molecule has 0 saturated carbocycles. The van der Waals surface area contributed by atoms with Gasteiger partial charge in [0.25, 0.3) is 11.7 Å². The quantitative estimate of drug-likeness (QED) is 0.794. The van der Waals surface area contributed by atoms with Crippen molar-refractivity contribution in [3.63, 3.8) is 0 Å². The summed E-state index contributed by atoms with van der Waals surface area (Å²) in [5, 5.41) is 0. The van der Waals surface area contributed by atoms with Crippen LogP contribution in [0.5, 0.6) is 0 Å². The summed E-state index contributed by atoms with van der Waals surface area (Å²) in [4.78, 5) is 29.3. The molecule has 21 heavy (non-hydrogen) atoms. The van der Waals surface area contributed by atoms with Crippen molar-refractivity contribution in [1.29, 1.82) is 0 Å². The van der Waals surface area contributed by atoms with E-state index < -0.39 is 17.5 Å². The highest BCUT2D eigenvalue weighted by atomic mass is 79.9. The van der Waals surface area contributed by atoms with Crippen molar-refractivity contribution < 1.29 is 14.0 Å². The lowest BCUT2D eigenvalue weighted by molar-refractivity contribution is -0.114. The van der Waals surface area contributed by atoms with E-state index >= 15 is 0 Å². The molecule has 0 fully saturated rings. The highest BCUT2D eigenvalue weighted by molar-refractivity contribution is 9.10. The van der Waals surface area contributed by atoms with E-state index in [1.54, 1.807) is 12.5 Å². The van der Waals surface area contributed by atoms with Gasteiger partial charge in [0.1, 0.15) is 5.82 Å². The lowest BCUT2D eigenvalue weighted by Crippen LogP contribution is -2.31. The fourth-order valence-corrected chi connectivity index (χ4v) is 3.04. The van der Waals surface area contributed by atoms with Gasteiger partial charge in [0.2, 0.25) is 0 Å². The van der Waals surface area contributed by atoms with Gasteiger partial charge >= 0.3 is 0 Å². The first-order valence-corrected chi connectivity index (χ1v) is 7.18. The van der Waals surface area contributed by atoms with Gasteiger partial charge < -0.3 is 9.47 Å². The molecule has 1 aromatic heterocycles. The SMILES string of the molecule is O=C1C(=O)N(CCCn2ccnc2)c2c(Br)cc(F)cc21. The molecule has 2 aromatic rings. The van der Waals surface area contributed by atoms with Gasteiger partial charge in [-0.2, -0.15) is 0 Å². The van der Waals surface area contributed by atoms with Crippen molar-refractivity contribution in [3.8, 4) is 0 Å². The van der Waals surface area contributed by atoms with Crippen LogP contribution in [0.3, 0.4) is 0 Å². The average molecular weight is 352 g/mol. The molecule has 1 aromatic carbocycles. The number of imidazole rings is 1. The summed E-state index contributed by atoms with van der Waals surface area (Å²) in [5.74, 6) is -1.81. The first-order chi connectivity index (χ1) is 10.1. The number of aromatic nitrogens is 2. The molecule has 0 unspecified atom stereocenters. The summed E-state index contributed by atoms with van der Waals surface area (Å²) in [6.07, 6.45) is 5.87. The summed E-state index contributed by atoms with van der Waals surface area (Å²) in [7, 11) is 0. The van der Waals surface area contributed by atoms with E-state index in [0.29, 0.717) is 29.7 Å². The third-order valence-corrected chi connectivity index (χ3v) is 3.94. The fourth-order valence-electron chi connectivity index (χ4n) is 2.40. The predicted octanol–water partition coefficient (Wildman–Crippen LogP) is 2.40. The topological polar surface area (TPSA) is 55.2 Å². The zero-order valence-corrected chi connectivity index (χ0v) is 12.5. The third-order valence-electron chi connectivity index (χ3n) is 3.34. The Balaban J connectivity index is 1.81. The fraction of sp³-hybridized carbons (Fsp3) is 0.214. The molecule has 1 aliphatic heterocycles. The van der Waals surface area contributed by atoms with Gasteiger partial charge in [0.15, 0.2) is 0 Å². The summed E-state index contributed by atoms with van der Waals surface area (Å²) in [6.45, 7) is 1.08. The number of nitrogens with zero attached hydrogens (tertiary/aromatic N) is 3. The first-order valence-electron chi connectivity index (χ1n) is 6.39. The molecule has 0 atom stereocenters. The Hall–Kier alpha value is -2.02. The summed E-state index contributed by atoms with van der Waals surface area (Å²) in [6, 6.07) is 2.36. The lowest BCUT2D eigenvalue weighted by atomic mass is 10.1. The number of hydrogen-bond donors (Lipinski definition) is 0. The van der Waals surface area contributed by atoms with Crippen LogP contribution in [-0.2, 0) is 11.3 Å². The van der Waals surface area contributed by atoms with Gasteiger partial charge in [-0.1, -0.05) is 0 Å². The molecule has 2 heterocycles. The minimum Gasteiger partial charge on any atom is -0.337 e. The van der Waals surface area contributed by atoms with Crippen molar-refractivity contribution >= 4 is 33.3 Å². The number of ketones is 1. The zero-order valence-electron chi connectivity index (χ0n) is 10.9. The molecule has 7 heteroatoms. The molecule has 3 rings (SSSR count). The normalized spacial score (nSPS) is 13.9. The van der Waals surface area contributed by atoms with E-state index in [-0.39, 0.29) is 5.56 Å². The molecular formula is C14H11BrFN3O2.